The van der Waals surface area contributed by atoms with Crippen molar-refractivity contribution in [2.45, 2.75) is 26.2 Å². The number of ether oxygens (including phenoxy) is 1. The summed E-state index contributed by atoms with van der Waals surface area (Å²) in [5, 5.41) is 0.700. The lowest BCUT2D eigenvalue weighted by atomic mass is 9.86. The Labute approximate surface area is 106 Å². The number of pyridine rings is 1. The minimum atomic E-state index is -0.342. The Morgan fingerprint density at radius 2 is 1.89 bits per heavy atom. The molecule has 0 bridgehead atoms. The maximum absolute atomic E-state index is 13.5. The van der Waals surface area contributed by atoms with Gasteiger partial charge < -0.3 is 10.5 Å². The van der Waals surface area contributed by atoms with Gasteiger partial charge >= 0.3 is 0 Å². The fraction of sp³-hybridized carbons (Fsp3) is 0.357. The van der Waals surface area contributed by atoms with Crippen molar-refractivity contribution in [1.82, 2.24) is 4.98 Å². The average Bonchev–Trinajstić information content (AvgIpc) is 2.26. The number of hydrogen-bond donors (Lipinski definition) is 1. The van der Waals surface area contributed by atoms with Gasteiger partial charge in [0.15, 0.2) is 0 Å². The van der Waals surface area contributed by atoms with Crippen molar-refractivity contribution in [3.05, 3.63) is 29.6 Å². The van der Waals surface area contributed by atoms with Crippen LogP contribution in [0.4, 0.5) is 10.2 Å². The lowest BCUT2D eigenvalue weighted by molar-refractivity contribution is 0.415. The number of anilines is 1. The first-order valence-electron chi connectivity index (χ1n) is 5.77. The van der Waals surface area contributed by atoms with Crippen LogP contribution in [0.3, 0.4) is 0 Å². The van der Waals surface area contributed by atoms with Crippen LogP contribution in [-0.2, 0) is 5.41 Å². The van der Waals surface area contributed by atoms with Crippen molar-refractivity contribution in [2.75, 3.05) is 12.8 Å². The molecule has 0 aliphatic rings. The fourth-order valence-electron chi connectivity index (χ4n) is 1.99. The van der Waals surface area contributed by atoms with Crippen LogP contribution in [0, 0.1) is 5.82 Å². The van der Waals surface area contributed by atoms with Crippen LogP contribution in [0.1, 0.15) is 26.3 Å². The van der Waals surface area contributed by atoms with E-state index < -0.39 is 0 Å². The SMILES string of the molecule is COc1cc(F)cc2cc(C(C)(C)C)c(N)nc12. The summed E-state index contributed by atoms with van der Waals surface area (Å²) in [5.41, 5.74) is 7.33. The fourth-order valence-corrected chi connectivity index (χ4v) is 1.99. The van der Waals surface area contributed by atoms with Gasteiger partial charge in [0.1, 0.15) is 22.9 Å². The van der Waals surface area contributed by atoms with E-state index in [1.807, 2.05) is 26.8 Å². The molecule has 0 radical (unpaired) electrons. The van der Waals surface area contributed by atoms with Gasteiger partial charge in [0.05, 0.1) is 7.11 Å². The number of nitrogen functional groups attached to an aromatic ring is 1. The van der Waals surface area contributed by atoms with Crippen LogP contribution in [-0.4, -0.2) is 12.1 Å². The van der Waals surface area contributed by atoms with E-state index in [4.69, 9.17) is 10.5 Å². The van der Waals surface area contributed by atoms with E-state index in [-0.39, 0.29) is 11.2 Å². The Balaban J connectivity index is 2.80. The second-order valence-corrected chi connectivity index (χ2v) is 5.35. The zero-order valence-electron chi connectivity index (χ0n) is 11.0. The van der Waals surface area contributed by atoms with Gasteiger partial charge in [-0.1, -0.05) is 20.8 Å². The van der Waals surface area contributed by atoms with Crippen LogP contribution in [0.5, 0.6) is 5.75 Å². The smallest absolute Gasteiger partial charge is 0.148 e. The molecule has 0 unspecified atom stereocenters. The van der Waals surface area contributed by atoms with Crippen LogP contribution in [0.15, 0.2) is 18.2 Å². The monoisotopic (exact) mass is 248 g/mol. The van der Waals surface area contributed by atoms with E-state index in [9.17, 15) is 4.39 Å². The van der Waals surface area contributed by atoms with Crippen LogP contribution >= 0.6 is 0 Å². The lowest BCUT2D eigenvalue weighted by Gasteiger charge is -2.21. The van der Waals surface area contributed by atoms with E-state index in [2.05, 4.69) is 4.98 Å². The predicted octanol–water partition coefficient (Wildman–Crippen LogP) is 3.26. The van der Waals surface area contributed by atoms with E-state index in [0.29, 0.717) is 22.5 Å². The second-order valence-electron chi connectivity index (χ2n) is 5.35. The number of hydrogen-bond acceptors (Lipinski definition) is 3. The molecular weight excluding hydrogens is 231 g/mol. The van der Waals surface area contributed by atoms with Crippen molar-refractivity contribution in [3.8, 4) is 5.75 Å². The highest BCUT2D eigenvalue weighted by molar-refractivity contribution is 5.87. The minimum absolute atomic E-state index is 0.134. The van der Waals surface area contributed by atoms with Gasteiger partial charge in [-0.15, -0.1) is 0 Å². The molecule has 3 nitrogen and oxygen atoms in total. The molecule has 4 heteroatoms. The van der Waals surface area contributed by atoms with Crippen LogP contribution in [0.25, 0.3) is 10.9 Å². The van der Waals surface area contributed by atoms with Gasteiger partial charge in [-0.25, -0.2) is 9.37 Å². The standard InChI is InChI=1S/C14H17FN2O/c1-14(2,3)10-6-8-5-9(15)7-11(18-4)12(8)17-13(10)16/h5-7H,1-4H3,(H2,16,17). The number of fused-ring (bicyclic) bond motifs is 1. The Kier molecular flexibility index (Phi) is 2.89. The first kappa shape index (κ1) is 12.6. The van der Waals surface area contributed by atoms with Crippen molar-refractivity contribution >= 4 is 16.7 Å². The lowest BCUT2D eigenvalue weighted by Crippen LogP contribution is -2.15. The van der Waals surface area contributed by atoms with E-state index in [1.54, 1.807) is 0 Å². The molecule has 1 heterocycles. The van der Waals surface area contributed by atoms with Gasteiger partial charge in [-0.2, -0.15) is 0 Å². The van der Waals surface area contributed by atoms with E-state index >= 15 is 0 Å². The number of aromatic nitrogens is 1. The topological polar surface area (TPSA) is 48.1 Å². The van der Waals surface area contributed by atoms with Crippen molar-refractivity contribution in [2.24, 2.45) is 0 Å². The second kappa shape index (κ2) is 4.12. The van der Waals surface area contributed by atoms with Gasteiger partial charge in [0.25, 0.3) is 0 Å². The maximum Gasteiger partial charge on any atom is 0.148 e. The van der Waals surface area contributed by atoms with Gasteiger partial charge in [0, 0.05) is 17.0 Å². The Bertz CT molecular complexity index is 603. The van der Waals surface area contributed by atoms with E-state index in [1.165, 1.54) is 19.2 Å². The molecule has 96 valence electrons. The minimum Gasteiger partial charge on any atom is -0.494 e. The molecular formula is C14H17FN2O. The van der Waals surface area contributed by atoms with Crippen molar-refractivity contribution in [3.63, 3.8) is 0 Å². The summed E-state index contributed by atoms with van der Waals surface area (Å²) in [6.45, 7) is 6.13. The third-order valence-corrected chi connectivity index (χ3v) is 2.91. The predicted molar refractivity (Wildman–Crippen MR) is 71.4 cm³/mol. The first-order valence-corrected chi connectivity index (χ1v) is 5.77. The molecule has 1 aromatic heterocycles. The maximum atomic E-state index is 13.5. The number of nitrogens with zero attached hydrogens (tertiary/aromatic N) is 1. The molecule has 0 saturated carbocycles. The number of rotatable bonds is 1. The molecule has 0 amide bonds. The largest absolute Gasteiger partial charge is 0.494 e. The third kappa shape index (κ3) is 2.10. The first-order chi connectivity index (χ1) is 8.32. The van der Waals surface area contributed by atoms with Crippen LogP contribution < -0.4 is 10.5 Å². The van der Waals surface area contributed by atoms with Crippen molar-refractivity contribution in [1.29, 1.82) is 0 Å². The van der Waals surface area contributed by atoms with Gasteiger partial charge in [0.2, 0.25) is 0 Å². The molecule has 2 rings (SSSR count). The molecule has 2 aromatic rings. The normalized spacial score (nSPS) is 11.8. The molecule has 1 aromatic carbocycles. The summed E-state index contributed by atoms with van der Waals surface area (Å²) in [5.74, 6) is 0.517. The molecule has 18 heavy (non-hydrogen) atoms. The van der Waals surface area contributed by atoms with Crippen LogP contribution in [0.2, 0.25) is 0 Å². The van der Waals surface area contributed by atoms with Crippen molar-refractivity contribution < 1.29 is 9.13 Å². The molecule has 0 aliphatic heterocycles. The zero-order valence-corrected chi connectivity index (χ0v) is 11.0. The molecule has 0 atom stereocenters. The summed E-state index contributed by atoms with van der Waals surface area (Å²) in [4.78, 5) is 4.34. The number of nitrogens with two attached hydrogens (primary N) is 1. The summed E-state index contributed by atoms with van der Waals surface area (Å²) < 4.78 is 18.6. The molecule has 0 fully saturated rings. The highest BCUT2D eigenvalue weighted by Gasteiger charge is 2.19. The number of methoxy groups -OCH3 is 1. The Morgan fingerprint density at radius 1 is 1.22 bits per heavy atom. The summed E-state index contributed by atoms with van der Waals surface area (Å²) in [7, 11) is 1.49. The van der Waals surface area contributed by atoms with Gasteiger partial charge in [-0.05, 0) is 17.5 Å². The number of halogens is 1. The molecule has 0 aliphatic carbocycles. The quantitative estimate of drug-likeness (QED) is 0.842. The third-order valence-electron chi connectivity index (χ3n) is 2.91. The summed E-state index contributed by atoms with van der Waals surface area (Å²) in [6.07, 6.45) is 0. The van der Waals surface area contributed by atoms with Gasteiger partial charge in [-0.3, -0.25) is 0 Å². The Morgan fingerprint density at radius 3 is 2.44 bits per heavy atom. The molecule has 0 saturated heterocycles. The Hall–Kier alpha value is -1.84. The highest BCUT2D eigenvalue weighted by atomic mass is 19.1. The highest BCUT2D eigenvalue weighted by Crippen LogP contribution is 2.33. The average molecular weight is 248 g/mol. The van der Waals surface area contributed by atoms with E-state index in [0.717, 1.165) is 5.56 Å². The molecule has 2 N–H and O–H groups in total. The summed E-state index contributed by atoms with van der Waals surface area (Å²) in [6, 6.07) is 4.63. The molecule has 0 spiro atoms. The number of benzene rings is 1. The zero-order chi connectivity index (χ0) is 13.5. The summed E-state index contributed by atoms with van der Waals surface area (Å²) >= 11 is 0.